The normalized spacial score (nSPS) is 10.1. The molecule has 0 fully saturated rings. The Balaban J connectivity index is 1.89. The molecule has 22 heavy (non-hydrogen) atoms. The second-order valence-corrected chi connectivity index (χ2v) is 5.39. The Bertz CT molecular complexity index is 696. The van der Waals surface area contributed by atoms with Gasteiger partial charge in [-0.25, -0.2) is 4.79 Å². The third-order valence-electron chi connectivity index (χ3n) is 3.08. The molecule has 4 nitrogen and oxygen atoms in total. The zero-order valence-electron chi connectivity index (χ0n) is 12.4. The summed E-state index contributed by atoms with van der Waals surface area (Å²) in [5.41, 5.74) is 2.94. The molecule has 114 valence electrons. The molecule has 0 aliphatic carbocycles. The van der Waals surface area contributed by atoms with E-state index < -0.39 is 11.9 Å². The van der Waals surface area contributed by atoms with Crippen molar-refractivity contribution >= 4 is 29.2 Å². The number of hydrogen-bond donors (Lipinski definition) is 1. The lowest BCUT2D eigenvalue weighted by Crippen LogP contribution is -2.21. The fourth-order valence-electron chi connectivity index (χ4n) is 1.86. The van der Waals surface area contributed by atoms with Gasteiger partial charge < -0.3 is 10.1 Å². The van der Waals surface area contributed by atoms with Crippen LogP contribution >= 0.6 is 11.6 Å². The molecule has 2 aromatic rings. The summed E-state index contributed by atoms with van der Waals surface area (Å²) >= 11 is 5.85. The quantitative estimate of drug-likeness (QED) is 0.874. The molecule has 0 bridgehead atoms. The molecule has 0 aliphatic rings. The van der Waals surface area contributed by atoms with Gasteiger partial charge in [-0.3, -0.25) is 4.79 Å². The maximum atomic E-state index is 11.8. The monoisotopic (exact) mass is 317 g/mol. The molecule has 0 spiro atoms. The van der Waals surface area contributed by atoms with Crippen molar-refractivity contribution in [2.24, 2.45) is 0 Å². The molecule has 0 saturated heterocycles. The molecular weight excluding hydrogens is 302 g/mol. The Morgan fingerprint density at radius 2 is 1.77 bits per heavy atom. The van der Waals surface area contributed by atoms with Crippen LogP contribution in [0.4, 0.5) is 5.69 Å². The summed E-state index contributed by atoms with van der Waals surface area (Å²) in [6.45, 7) is 3.42. The topological polar surface area (TPSA) is 55.4 Å². The Morgan fingerprint density at radius 3 is 2.41 bits per heavy atom. The average molecular weight is 318 g/mol. The third-order valence-corrected chi connectivity index (χ3v) is 3.32. The van der Waals surface area contributed by atoms with Gasteiger partial charge in [-0.15, -0.1) is 0 Å². The summed E-state index contributed by atoms with van der Waals surface area (Å²) in [4.78, 5) is 23.6. The van der Waals surface area contributed by atoms with Crippen molar-refractivity contribution in [3.05, 3.63) is 64.2 Å². The van der Waals surface area contributed by atoms with E-state index in [2.05, 4.69) is 5.32 Å². The largest absolute Gasteiger partial charge is 0.452 e. The smallest absolute Gasteiger partial charge is 0.338 e. The van der Waals surface area contributed by atoms with Crippen molar-refractivity contribution in [1.82, 2.24) is 0 Å². The molecule has 2 aromatic carbocycles. The number of halogens is 1. The molecule has 0 aliphatic heterocycles. The Hall–Kier alpha value is -2.33. The minimum absolute atomic E-state index is 0.339. The first kappa shape index (κ1) is 16.0. The number of anilines is 1. The summed E-state index contributed by atoms with van der Waals surface area (Å²) in [5, 5.41) is 3.28. The van der Waals surface area contributed by atoms with Gasteiger partial charge in [0.2, 0.25) is 0 Å². The molecular formula is C17H16ClNO3. The van der Waals surface area contributed by atoms with Crippen LogP contribution in [0.2, 0.25) is 5.02 Å². The van der Waals surface area contributed by atoms with E-state index in [4.69, 9.17) is 16.3 Å². The maximum Gasteiger partial charge on any atom is 0.338 e. The highest BCUT2D eigenvalue weighted by atomic mass is 35.5. The van der Waals surface area contributed by atoms with E-state index >= 15 is 0 Å². The molecule has 0 heterocycles. The number of amides is 1. The zero-order valence-corrected chi connectivity index (χ0v) is 13.1. The number of aryl methyl sites for hydroxylation is 2. The van der Waals surface area contributed by atoms with Crippen LogP contribution < -0.4 is 5.32 Å². The van der Waals surface area contributed by atoms with Gasteiger partial charge in [0.05, 0.1) is 5.56 Å². The van der Waals surface area contributed by atoms with Gasteiger partial charge in [0.1, 0.15) is 0 Å². The molecule has 0 radical (unpaired) electrons. The van der Waals surface area contributed by atoms with Crippen molar-refractivity contribution < 1.29 is 14.3 Å². The highest BCUT2D eigenvalue weighted by Crippen LogP contribution is 2.19. The van der Waals surface area contributed by atoms with Crippen LogP contribution in [0.1, 0.15) is 21.5 Å². The molecule has 1 N–H and O–H groups in total. The first-order chi connectivity index (χ1) is 10.5. The van der Waals surface area contributed by atoms with E-state index in [-0.39, 0.29) is 6.61 Å². The van der Waals surface area contributed by atoms with Gasteiger partial charge in [0.15, 0.2) is 6.61 Å². The van der Waals surface area contributed by atoms with Crippen LogP contribution in [0.15, 0.2) is 42.5 Å². The van der Waals surface area contributed by atoms with E-state index in [0.717, 1.165) is 11.1 Å². The van der Waals surface area contributed by atoms with Crippen LogP contribution in [0, 0.1) is 13.8 Å². The van der Waals surface area contributed by atoms with Gasteiger partial charge >= 0.3 is 5.97 Å². The average Bonchev–Trinajstić information content (AvgIpc) is 2.48. The van der Waals surface area contributed by atoms with E-state index in [9.17, 15) is 9.59 Å². The fourth-order valence-corrected chi connectivity index (χ4v) is 2.08. The predicted octanol–water partition coefficient (Wildman–Crippen LogP) is 3.75. The second-order valence-electron chi connectivity index (χ2n) is 4.95. The Kier molecular flexibility index (Phi) is 5.17. The van der Waals surface area contributed by atoms with Crippen molar-refractivity contribution in [3.8, 4) is 0 Å². The first-order valence-electron chi connectivity index (χ1n) is 6.75. The predicted molar refractivity (Wildman–Crippen MR) is 86.3 cm³/mol. The highest BCUT2D eigenvalue weighted by Gasteiger charge is 2.11. The number of ether oxygens (including phenoxy) is 1. The van der Waals surface area contributed by atoms with Crippen LogP contribution in [-0.2, 0) is 9.53 Å². The minimum atomic E-state index is -0.525. The summed E-state index contributed by atoms with van der Waals surface area (Å²) < 4.78 is 4.99. The van der Waals surface area contributed by atoms with Crippen molar-refractivity contribution in [2.45, 2.75) is 13.8 Å². The van der Waals surface area contributed by atoms with Gasteiger partial charge in [0, 0.05) is 10.7 Å². The molecule has 2 rings (SSSR count). The van der Waals surface area contributed by atoms with Crippen LogP contribution in [0.25, 0.3) is 0 Å². The summed E-state index contributed by atoms with van der Waals surface area (Å²) in [6, 6.07) is 12.1. The maximum absolute atomic E-state index is 11.8. The van der Waals surface area contributed by atoms with Crippen molar-refractivity contribution in [3.63, 3.8) is 0 Å². The van der Waals surface area contributed by atoms with E-state index in [0.29, 0.717) is 16.3 Å². The van der Waals surface area contributed by atoms with Gasteiger partial charge in [-0.05, 0) is 49.7 Å². The standard InChI is InChI=1S/C17H16ClNO3/c1-11-3-5-13(6-4-11)17(21)22-10-16(20)19-15-8-7-14(18)9-12(15)2/h3-9H,10H2,1-2H3,(H,19,20). The SMILES string of the molecule is Cc1ccc(C(=O)OCC(=O)Nc2ccc(Cl)cc2C)cc1. The lowest BCUT2D eigenvalue weighted by Gasteiger charge is -2.09. The van der Waals surface area contributed by atoms with E-state index in [1.807, 2.05) is 26.0 Å². The van der Waals surface area contributed by atoms with Crippen LogP contribution in [0.5, 0.6) is 0 Å². The number of nitrogens with one attached hydrogen (secondary N) is 1. The molecule has 5 heteroatoms. The number of carbonyl (C=O) groups is 2. The Morgan fingerprint density at radius 1 is 1.09 bits per heavy atom. The fraction of sp³-hybridized carbons (Fsp3) is 0.176. The molecule has 0 aromatic heterocycles. The first-order valence-corrected chi connectivity index (χ1v) is 7.13. The van der Waals surface area contributed by atoms with E-state index in [1.54, 1.807) is 30.3 Å². The van der Waals surface area contributed by atoms with Crippen molar-refractivity contribution in [1.29, 1.82) is 0 Å². The number of rotatable bonds is 4. The van der Waals surface area contributed by atoms with Gasteiger partial charge in [-0.2, -0.15) is 0 Å². The second kappa shape index (κ2) is 7.09. The zero-order chi connectivity index (χ0) is 16.1. The van der Waals surface area contributed by atoms with E-state index in [1.165, 1.54) is 0 Å². The number of esters is 1. The Labute approximate surface area is 134 Å². The third kappa shape index (κ3) is 4.33. The highest BCUT2D eigenvalue weighted by molar-refractivity contribution is 6.30. The molecule has 0 atom stereocenters. The number of hydrogen-bond acceptors (Lipinski definition) is 3. The number of benzene rings is 2. The summed E-state index contributed by atoms with van der Waals surface area (Å²) in [7, 11) is 0. The summed E-state index contributed by atoms with van der Waals surface area (Å²) in [5.74, 6) is -0.922. The van der Waals surface area contributed by atoms with Gasteiger partial charge in [-0.1, -0.05) is 29.3 Å². The summed E-state index contributed by atoms with van der Waals surface area (Å²) in [6.07, 6.45) is 0. The van der Waals surface area contributed by atoms with Crippen molar-refractivity contribution in [2.75, 3.05) is 11.9 Å². The number of carbonyl (C=O) groups excluding carboxylic acids is 2. The molecule has 0 unspecified atom stereocenters. The lowest BCUT2D eigenvalue weighted by molar-refractivity contribution is -0.119. The van der Waals surface area contributed by atoms with Crippen LogP contribution in [-0.4, -0.2) is 18.5 Å². The lowest BCUT2D eigenvalue weighted by atomic mass is 10.1. The molecule has 1 amide bonds. The minimum Gasteiger partial charge on any atom is -0.452 e. The van der Waals surface area contributed by atoms with Gasteiger partial charge in [0.25, 0.3) is 5.91 Å². The van der Waals surface area contributed by atoms with Crippen LogP contribution in [0.3, 0.4) is 0 Å². The molecule has 0 saturated carbocycles.